The first-order chi connectivity index (χ1) is 22.0. The Hall–Kier alpha value is -5.38. The molecule has 3 heteroatoms. The molecule has 2 nitrogen and oxygen atoms in total. The smallest absolute Gasteiger partial charge is 0.160 e. The van der Waals surface area contributed by atoms with Crippen LogP contribution in [0.5, 0.6) is 0 Å². The maximum atomic E-state index is 5.04. The summed E-state index contributed by atoms with van der Waals surface area (Å²) in [6.07, 6.45) is 0. The number of amidine groups is 1. The quantitative estimate of drug-likeness (QED) is 0.135. The van der Waals surface area contributed by atoms with E-state index < -0.39 is 0 Å². The van der Waals surface area contributed by atoms with Crippen LogP contribution in [-0.4, -0.2) is 11.5 Å². The summed E-state index contributed by atoms with van der Waals surface area (Å²) in [6.45, 7) is 8.47. The molecule has 0 aliphatic heterocycles. The third-order valence-electron chi connectivity index (χ3n) is 8.18. The predicted octanol–water partition coefficient (Wildman–Crippen LogP) is 11.6. The molecule has 7 rings (SSSR count). The van der Waals surface area contributed by atoms with Crippen LogP contribution in [0.3, 0.4) is 0 Å². The van der Waals surface area contributed by atoms with Crippen molar-refractivity contribution >= 4 is 48.8 Å². The molecule has 0 radical (unpaired) electrons. The molecule has 0 unspecified atom stereocenters. The van der Waals surface area contributed by atoms with Gasteiger partial charge in [-0.25, -0.2) is 9.98 Å². The minimum absolute atomic E-state index is 0.642. The lowest BCUT2D eigenvalue weighted by Crippen LogP contribution is -2.04. The van der Waals surface area contributed by atoms with Crippen LogP contribution in [0.4, 0.5) is 0 Å². The molecule has 1 aromatic heterocycles. The van der Waals surface area contributed by atoms with E-state index in [1.54, 1.807) is 0 Å². The van der Waals surface area contributed by atoms with E-state index in [1.165, 1.54) is 42.4 Å². The molecule has 0 fully saturated rings. The van der Waals surface area contributed by atoms with Crippen molar-refractivity contribution in [2.75, 3.05) is 0 Å². The zero-order valence-electron chi connectivity index (χ0n) is 25.4. The monoisotopic (exact) mass is 596 g/mol. The van der Waals surface area contributed by atoms with Gasteiger partial charge in [0, 0.05) is 31.4 Å². The fourth-order valence-corrected chi connectivity index (χ4v) is 6.86. The second kappa shape index (κ2) is 12.3. The molecule has 0 saturated heterocycles. The van der Waals surface area contributed by atoms with E-state index in [1.807, 2.05) is 78.9 Å². The van der Waals surface area contributed by atoms with Gasteiger partial charge in [-0.1, -0.05) is 128 Å². The van der Waals surface area contributed by atoms with Gasteiger partial charge >= 0.3 is 0 Å². The Morgan fingerprint density at radius 2 is 1.18 bits per heavy atom. The molecule has 0 bridgehead atoms. The first kappa shape index (κ1) is 28.4. The van der Waals surface area contributed by atoms with Gasteiger partial charge in [0.1, 0.15) is 0 Å². The van der Waals surface area contributed by atoms with Gasteiger partial charge in [-0.2, -0.15) is 0 Å². The molecule has 6 aromatic carbocycles. The fraction of sp³-hybridized carbons (Fsp3) is 0.0476. The number of rotatable bonds is 6. The molecule has 0 N–H and O–H groups in total. The van der Waals surface area contributed by atoms with Gasteiger partial charge in [0.25, 0.3) is 0 Å². The Labute approximate surface area is 268 Å². The van der Waals surface area contributed by atoms with E-state index >= 15 is 0 Å². The van der Waals surface area contributed by atoms with E-state index in [-0.39, 0.29) is 0 Å². The summed E-state index contributed by atoms with van der Waals surface area (Å²) in [6, 6.07) is 51.0. The number of benzene rings is 6. The number of nitrogens with zero attached hydrogens (tertiary/aromatic N) is 2. The van der Waals surface area contributed by atoms with Crippen LogP contribution in [-0.2, 0) is 0 Å². The van der Waals surface area contributed by atoms with Crippen LogP contribution in [0.1, 0.15) is 29.2 Å². The lowest BCUT2D eigenvalue weighted by Gasteiger charge is -2.12. The van der Waals surface area contributed by atoms with Gasteiger partial charge in [0.05, 0.1) is 5.70 Å². The average molecular weight is 597 g/mol. The highest BCUT2D eigenvalue weighted by Gasteiger charge is 2.11. The largest absolute Gasteiger partial charge is 0.233 e. The van der Waals surface area contributed by atoms with Gasteiger partial charge in [-0.05, 0) is 77.1 Å². The molecule has 0 amide bonds. The van der Waals surface area contributed by atoms with Gasteiger partial charge in [0.2, 0.25) is 0 Å². The van der Waals surface area contributed by atoms with Crippen molar-refractivity contribution in [3.05, 3.63) is 174 Å². The second-order valence-electron chi connectivity index (χ2n) is 11.2. The summed E-state index contributed by atoms with van der Waals surface area (Å²) in [5.74, 6) is 0.642. The minimum Gasteiger partial charge on any atom is -0.233 e. The normalized spacial score (nSPS) is 12.1. The number of thiophene rings is 1. The molecule has 0 atom stereocenters. The van der Waals surface area contributed by atoms with Crippen molar-refractivity contribution in [1.82, 2.24) is 0 Å². The molecule has 1 heterocycles. The van der Waals surface area contributed by atoms with Crippen LogP contribution >= 0.6 is 11.3 Å². The Kier molecular flexibility index (Phi) is 7.77. The highest BCUT2D eigenvalue weighted by molar-refractivity contribution is 7.25. The summed E-state index contributed by atoms with van der Waals surface area (Å²) >= 11 is 1.85. The van der Waals surface area contributed by atoms with Gasteiger partial charge in [0.15, 0.2) is 5.84 Å². The summed E-state index contributed by atoms with van der Waals surface area (Å²) in [5.41, 5.74) is 10.6. The Balaban J connectivity index is 1.21. The first-order valence-electron chi connectivity index (χ1n) is 15.1. The molecule has 0 aliphatic carbocycles. The predicted molar refractivity (Wildman–Crippen MR) is 196 cm³/mol. The van der Waals surface area contributed by atoms with Crippen molar-refractivity contribution in [3.63, 3.8) is 0 Å². The minimum atomic E-state index is 0.642. The standard InChI is InChI=1S/C42H32N2S/c1-28-25-34(35-22-24-41-39(27-35)38-19-10-11-20-40(38)45-41)21-23-37(28)36-18-12-17-33(26-36)30(3)44-42(32-15-8-5-9-16-32)43-29(2)31-13-6-4-7-14-31/h4-27H,2H2,1,3H3/b43-42-,44-30+. The number of hydrogen-bond donors (Lipinski definition) is 0. The van der Waals surface area contributed by atoms with Crippen molar-refractivity contribution in [1.29, 1.82) is 0 Å². The molecule has 0 saturated carbocycles. The molecule has 216 valence electrons. The molecular weight excluding hydrogens is 565 g/mol. The number of aryl methyl sites for hydroxylation is 1. The van der Waals surface area contributed by atoms with E-state index in [9.17, 15) is 0 Å². The van der Waals surface area contributed by atoms with Crippen LogP contribution in [0.25, 0.3) is 48.1 Å². The number of fused-ring (bicyclic) bond motifs is 3. The lowest BCUT2D eigenvalue weighted by molar-refractivity contribution is 1.43. The van der Waals surface area contributed by atoms with Crippen molar-refractivity contribution in [2.24, 2.45) is 9.98 Å². The maximum Gasteiger partial charge on any atom is 0.160 e. The van der Waals surface area contributed by atoms with Crippen LogP contribution in [0.15, 0.2) is 162 Å². The third-order valence-corrected chi connectivity index (χ3v) is 9.33. The summed E-state index contributed by atoms with van der Waals surface area (Å²) < 4.78 is 2.66. The lowest BCUT2D eigenvalue weighted by atomic mass is 9.94. The van der Waals surface area contributed by atoms with Crippen molar-refractivity contribution < 1.29 is 0 Å². The maximum absolute atomic E-state index is 5.04. The summed E-state index contributed by atoms with van der Waals surface area (Å²) in [4.78, 5) is 9.93. The zero-order valence-corrected chi connectivity index (χ0v) is 26.2. The molecular formula is C42H32N2S. The van der Waals surface area contributed by atoms with Crippen LogP contribution in [0.2, 0.25) is 0 Å². The Morgan fingerprint density at radius 1 is 0.533 bits per heavy atom. The fourth-order valence-electron chi connectivity index (χ4n) is 5.77. The van der Waals surface area contributed by atoms with Gasteiger partial charge in [-0.3, -0.25) is 0 Å². The van der Waals surface area contributed by atoms with Crippen molar-refractivity contribution in [3.8, 4) is 22.3 Å². The molecule has 0 spiro atoms. The Morgan fingerprint density at radius 3 is 1.96 bits per heavy atom. The zero-order chi connectivity index (χ0) is 30.8. The Bertz CT molecular complexity index is 2240. The average Bonchev–Trinajstić information content (AvgIpc) is 3.47. The van der Waals surface area contributed by atoms with E-state index in [0.717, 1.165) is 28.0 Å². The van der Waals surface area contributed by atoms with E-state index in [2.05, 4.69) is 98.4 Å². The highest BCUT2D eigenvalue weighted by atomic mass is 32.1. The number of aliphatic imine (C=N–C) groups is 2. The van der Waals surface area contributed by atoms with Crippen LogP contribution in [0, 0.1) is 6.92 Å². The van der Waals surface area contributed by atoms with E-state index in [0.29, 0.717) is 11.5 Å². The van der Waals surface area contributed by atoms with Gasteiger partial charge in [-0.15, -0.1) is 11.3 Å². The molecule has 7 aromatic rings. The number of hydrogen-bond acceptors (Lipinski definition) is 2. The summed E-state index contributed by atoms with van der Waals surface area (Å²) in [5, 5.41) is 2.65. The summed E-state index contributed by atoms with van der Waals surface area (Å²) in [7, 11) is 0. The SMILES string of the molecule is C=C(/N=C(\N=C(/C)c1cccc(-c2ccc(-c3ccc4sc5ccccc5c4c3)cc2C)c1)c1ccccc1)c1ccccc1. The van der Waals surface area contributed by atoms with Gasteiger partial charge < -0.3 is 0 Å². The topological polar surface area (TPSA) is 24.7 Å². The first-order valence-corrected chi connectivity index (χ1v) is 15.9. The molecule has 45 heavy (non-hydrogen) atoms. The van der Waals surface area contributed by atoms with Crippen molar-refractivity contribution in [2.45, 2.75) is 13.8 Å². The molecule has 0 aliphatic rings. The third kappa shape index (κ3) is 5.91. The van der Waals surface area contributed by atoms with Crippen LogP contribution < -0.4 is 0 Å². The second-order valence-corrected chi connectivity index (χ2v) is 12.3. The highest BCUT2D eigenvalue weighted by Crippen LogP contribution is 2.37. The van der Waals surface area contributed by atoms with E-state index in [4.69, 9.17) is 9.98 Å².